The van der Waals surface area contributed by atoms with Crippen LogP contribution in [0.5, 0.6) is 0 Å². The van der Waals surface area contributed by atoms with Crippen LogP contribution in [0.4, 0.5) is 15.3 Å². The highest BCUT2D eigenvalue weighted by atomic mass is 79.9. The molecule has 3 atom stereocenters. The summed E-state index contributed by atoms with van der Waals surface area (Å²) in [5, 5.41) is 0.577. The molecule has 1 aliphatic carbocycles. The Morgan fingerprint density at radius 3 is 2.02 bits per heavy atom. The third kappa shape index (κ3) is 5.26. The van der Waals surface area contributed by atoms with E-state index in [9.17, 15) is 19.2 Å². The first-order valence-electron chi connectivity index (χ1n) is 15.8. The normalized spacial score (nSPS) is 20.4. The van der Waals surface area contributed by atoms with Gasteiger partial charge < -0.3 is 9.47 Å². The molecule has 2 amide bonds. The van der Waals surface area contributed by atoms with E-state index in [2.05, 4.69) is 15.9 Å². The van der Waals surface area contributed by atoms with E-state index in [0.29, 0.717) is 33.3 Å². The van der Waals surface area contributed by atoms with Gasteiger partial charge in [-0.25, -0.2) is 19.1 Å². The molecule has 0 bridgehead atoms. The molecule has 248 valence electrons. The van der Waals surface area contributed by atoms with Gasteiger partial charge in [0.05, 0.1) is 17.1 Å². The number of halogens is 1. The number of hydrogen-bond acceptors (Lipinski definition) is 7. The van der Waals surface area contributed by atoms with Gasteiger partial charge in [-0.1, -0.05) is 64.5 Å². The maximum absolute atomic E-state index is 15.3. The molecule has 2 aliphatic rings. The fourth-order valence-electron chi connectivity index (χ4n) is 7.31. The van der Waals surface area contributed by atoms with Gasteiger partial charge in [-0.3, -0.25) is 14.4 Å². The molecule has 3 aromatic carbocycles. The summed E-state index contributed by atoms with van der Waals surface area (Å²) >= 11 is 3.42. The molecular formula is C38H37BrN2O7. The number of rotatable bonds is 3. The number of carbonyl (C=O) groups excluding carboxylic acids is 5. The minimum Gasteiger partial charge on any atom is -0.443 e. The molecule has 0 unspecified atom stereocenters. The Hall–Kier alpha value is -4.57. The zero-order chi connectivity index (χ0) is 34.9. The summed E-state index contributed by atoms with van der Waals surface area (Å²) in [5.41, 5.74) is -1.34. The largest absolute Gasteiger partial charge is 0.443 e. The third-order valence-electron chi connectivity index (χ3n) is 8.86. The van der Waals surface area contributed by atoms with Crippen molar-refractivity contribution in [1.29, 1.82) is 0 Å². The summed E-state index contributed by atoms with van der Waals surface area (Å²) in [5.74, 6) is -3.99. The Labute approximate surface area is 287 Å². The van der Waals surface area contributed by atoms with Crippen LogP contribution in [0, 0.1) is 5.92 Å². The molecule has 1 aliphatic heterocycles. The maximum atomic E-state index is 15.3. The van der Waals surface area contributed by atoms with Crippen LogP contribution in [0.3, 0.4) is 0 Å². The van der Waals surface area contributed by atoms with Crippen LogP contribution in [0.15, 0.2) is 77.3 Å². The Morgan fingerprint density at radius 1 is 0.812 bits per heavy atom. The van der Waals surface area contributed by atoms with Gasteiger partial charge in [0, 0.05) is 33.5 Å². The summed E-state index contributed by atoms with van der Waals surface area (Å²) < 4.78 is 13.7. The van der Waals surface area contributed by atoms with Crippen molar-refractivity contribution in [3.63, 3.8) is 0 Å². The van der Waals surface area contributed by atoms with Gasteiger partial charge in [0.2, 0.25) is 5.91 Å². The van der Waals surface area contributed by atoms with Crippen LogP contribution >= 0.6 is 15.9 Å². The number of hydrogen-bond donors (Lipinski definition) is 0. The summed E-state index contributed by atoms with van der Waals surface area (Å²) in [6.07, 6.45) is -1.66. The van der Waals surface area contributed by atoms with Crippen LogP contribution < -0.4 is 4.90 Å². The van der Waals surface area contributed by atoms with Gasteiger partial charge in [-0.2, -0.15) is 0 Å². The molecule has 1 aromatic heterocycles. The molecule has 0 saturated heterocycles. The summed E-state index contributed by atoms with van der Waals surface area (Å²) in [7, 11) is 0. The molecule has 0 saturated carbocycles. The van der Waals surface area contributed by atoms with Crippen LogP contribution in [0.1, 0.15) is 81.6 Å². The van der Waals surface area contributed by atoms with Crippen molar-refractivity contribution in [2.75, 3.05) is 4.90 Å². The average molecular weight is 714 g/mol. The molecule has 0 N–H and O–H groups in total. The number of fused-ring (bicyclic) bond motifs is 5. The van der Waals surface area contributed by atoms with Crippen LogP contribution in [-0.2, 0) is 30.9 Å². The van der Waals surface area contributed by atoms with Crippen molar-refractivity contribution in [2.45, 2.75) is 77.4 Å². The highest BCUT2D eigenvalue weighted by Gasteiger charge is 2.67. The summed E-state index contributed by atoms with van der Waals surface area (Å²) in [6, 6.07) is 20.6. The topological polar surface area (TPSA) is 112 Å². The van der Waals surface area contributed by atoms with Crippen molar-refractivity contribution in [3.05, 3.63) is 99.7 Å². The molecule has 9 nitrogen and oxygen atoms in total. The summed E-state index contributed by atoms with van der Waals surface area (Å²) in [4.78, 5) is 73.2. The highest BCUT2D eigenvalue weighted by Crippen LogP contribution is 2.60. The van der Waals surface area contributed by atoms with Crippen molar-refractivity contribution in [1.82, 2.24) is 4.57 Å². The van der Waals surface area contributed by atoms with Gasteiger partial charge in [0.15, 0.2) is 5.78 Å². The second-order valence-electron chi connectivity index (χ2n) is 14.4. The van der Waals surface area contributed by atoms with E-state index in [-0.39, 0.29) is 12.1 Å². The zero-order valence-electron chi connectivity index (χ0n) is 27.9. The first-order chi connectivity index (χ1) is 22.5. The van der Waals surface area contributed by atoms with E-state index >= 15 is 4.79 Å². The van der Waals surface area contributed by atoms with Crippen molar-refractivity contribution in [2.24, 2.45) is 5.92 Å². The number of nitrogens with zero attached hydrogens (tertiary/aromatic N) is 2. The van der Waals surface area contributed by atoms with Crippen molar-refractivity contribution >= 4 is 62.2 Å². The number of para-hydroxylation sites is 2. The number of ketones is 2. The van der Waals surface area contributed by atoms with E-state index in [0.717, 1.165) is 9.37 Å². The van der Waals surface area contributed by atoms with Crippen molar-refractivity contribution in [3.8, 4) is 0 Å². The maximum Gasteiger partial charge on any atom is 0.421 e. The number of ether oxygens (including phenoxy) is 2. The first kappa shape index (κ1) is 33.3. The molecule has 2 heterocycles. The van der Waals surface area contributed by atoms with Gasteiger partial charge in [0.1, 0.15) is 22.4 Å². The number of imide groups is 1. The molecule has 0 radical (unpaired) electrons. The smallest absolute Gasteiger partial charge is 0.421 e. The molecule has 48 heavy (non-hydrogen) atoms. The molecule has 10 heteroatoms. The minimum atomic E-state index is -1.85. The predicted molar refractivity (Wildman–Crippen MR) is 184 cm³/mol. The number of aromatic nitrogens is 1. The minimum absolute atomic E-state index is 0.0931. The van der Waals surface area contributed by atoms with Gasteiger partial charge >= 0.3 is 12.2 Å². The third-order valence-corrected chi connectivity index (χ3v) is 9.39. The summed E-state index contributed by atoms with van der Waals surface area (Å²) in [6.45, 7) is 11.8. The lowest BCUT2D eigenvalue weighted by molar-refractivity contribution is -0.131. The SMILES string of the molecule is CC(=O)[C@H]1c2c(n(C(=O)OC(C)(C)C)c3ccccc23)C[C@H](C(=O)c2ccc(Br)cc2)[C@]12C(=O)N(C(=O)OC(C)(C)C)c1ccccc12. The number of anilines is 1. The highest BCUT2D eigenvalue weighted by molar-refractivity contribution is 9.10. The standard InChI is InChI=1S/C38H37BrN2O7/c1-21(42)31-30-24-12-8-10-14-27(24)40(34(45)47-36(2,3)4)29(30)20-26(32(43)22-16-18-23(39)19-17-22)38(31)25-13-9-11-15-28(25)41(33(38)44)35(46)48-37(5,6)7/h8-19,26,31H,20H2,1-7H3/t26-,31+,38+/m1/s1. The predicted octanol–water partition coefficient (Wildman–Crippen LogP) is 8.13. The molecule has 1 spiro atoms. The van der Waals surface area contributed by atoms with Crippen molar-refractivity contribution < 1.29 is 33.4 Å². The van der Waals surface area contributed by atoms with E-state index in [4.69, 9.17) is 9.47 Å². The van der Waals surface area contributed by atoms with Gasteiger partial charge in [-0.15, -0.1) is 0 Å². The van der Waals surface area contributed by atoms with Crippen LogP contribution in [0.2, 0.25) is 0 Å². The zero-order valence-corrected chi connectivity index (χ0v) is 29.5. The lowest BCUT2D eigenvalue weighted by Gasteiger charge is -2.45. The number of benzene rings is 3. The Balaban J connectivity index is 1.71. The Kier molecular flexibility index (Phi) is 8.02. The Bertz CT molecular complexity index is 2020. The van der Waals surface area contributed by atoms with E-state index < -0.39 is 58.1 Å². The number of amides is 2. The second kappa shape index (κ2) is 11.5. The first-order valence-corrected chi connectivity index (χ1v) is 16.6. The van der Waals surface area contributed by atoms with Crippen LogP contribution in [-0.4, -0.2) is 45.4 Å². The van der Waals surface area contributed by atoms with Crippen LogP contribution in [0.25, 0.3) is 10.9 Å². The Morgan fingerprint density at radius 2 is 1.40 bits per heavy atom. The monoisotopic (exact) mass is 712 g/mol. The second-order valence-corrected chi connectivity index (χ2v) is 15.3. The lowest BCUT2D eigenvalue weighted by atomic mass is 9.54. The van der Waals surface area contributed by atoms with Gasteiger partial charge in [0.25, 0.3) is 0 Å². The average Bonchev–Trinajstić information content (AvgIpc) is 3.45. The molecule has 4 aromatic rings. The molecule has 6 rings (SSSR count). The molecule has 0 fully saturated rings. The van der Waals surface area contributed by atoms with E-state index in [1.165, 1.54) is 11.5 Å². The number of Topliss-reactive ketones (excluding diaryl/α,β-unsaturated/α-hetero) is 2. The number of carbonyl (C=O) groups is 5. The quantitative estimate of drug-likeness (QED) is 0.197. The molecular weight excluding hydrogens is 676 g/mol. The fourth-order valence-corrected chi connectivity index (χ4v) is 7.58. The van der Waals surface area contributed by atoms with E-state index in [1.54, 1.807) is 114 Å². The lowest BCUT2D eigenvalue weighted by Crippen LogP contribution is -2.58. The van der Waals surface area contributed by atoms with E-state index in [1.807, 2.05) is 0 Å². The van der Waals surface area contributed by atoms with Gasteiger partial charge in [-0.05, 0) is 83.9 Å². The fraction of sp³-hybridized carbons (Fsp3) is 0.342.